The highest BCUT2D eigenvalue weighted by atomic mass is 19.2. The monoisotopic (exact) mass is 538 g/mol. The van der Waals surface area contributed by atoms with Crippen LogP contribution in [0.4, 0.5) is 22.0 Å². The lowest BCUT2D eigenvalue weighted by atomic mass is 9.91. The Balaban J connectivity index is 2.63. The fraction of sp³-hybridized carbons (Fsp3) is 0.793. The van der Waals surface area contributed by atoms with Gasteiger partial charge in [0.05, 0.1) is 0 Å². The summed E-state index contributed by atoms with van der Waals surface area (Å²) in [4.78, 5) is 0. The largest absolute Gasteiger partial charge is 0.328 e. The van der Waals surface area contributed by atoms with Crippen LogP contribution >= 0.6 is 0 Å². The second-order valence-corrected chi connectivity index (χ2v) is 9.51. The third-order valence-electron chi connectivity index (χ3n) is 6.72. The molecule has 0 saturated heterocycles. The van der Waals surface area contributed by atoms with Crippen LogP contribution in [0.25, 0.3) is 0 Å². The lowest BCUT2D eigenvalue weighted by Gasteiger charge is -2.39. The first kappa shape index (κ1) is 33.8. The molecule has 1 atom stereocenters. The van der Waals surface area contributed by atoms with E-state index in [9.17, 15) is 22.0 Å². The Kier molecular flexibility index (Phi) is 17.3. The molecule has 37 heavy (non-hydrogen) atoms. The zero-order valence-corrected chi connectivity index (χ0v) is 23.2. The molecule has 0 amide bonds. The lowest BCUT2D eigenvalue weighted by Crippen LogP contribution is -2.46. The Labute approximate surface area is 220 Å². The number of halogens is 5. The van der Waals surface area contributed by atoms with E-state index in [-0.39, 0.29) is 12.3 Å². The van der Waals surface area contributed by atoms with Crippen molar-refractivity contribution in [3.63, 3.8) is 0 Å². The van der Waals surface area contributed by atoms with Gasteiger partial charge < -0.3 is 14.2 Å². The number of hydrogen-bond acceptors (Lipinski definition) is 3. The van der Waals surface area contributed by atoms with Gasteiger partial charge in [-0.15, -0.1) is 0 Å². The van der Waals surface area contributed by atoms with Crippen molar-refractivity contribution >= 4 is 0 Å². The lowest BCUT2D eigenvalue weighted by molar-refractivity contribution is -0.403. The minimum atomic E-state index is -2.11. The van der Waals surface area contributed by atoms with Crippen molar-refractivity contribution in [3.05, 3.63) is 34.6 Å². The number of benzene rings is 1. The smallest absolute Gasteiger partial charge is 0.285 e. The number of ether oxygens (including phenoxy) is 3. The molecule has 1 rings (SSSR count). The fourth-order valence-electron chi connectivity index (χ4n) is 4.84. The van der Waals surface area contributed by atoms with Gasteiger partial charge in [0.15, 0.2) is 23.3 Å². The molecule has 0 spiro atoms. The van der Waals surface area contributed by atoms with Gasteiger partial charge in [-0.25, -0.2) is 22.0 Å². The summed E-state index contributed by atoms with van der Waals surface area (Å²) in [5.74, 6) is -10.3. The van der Waals surface area contributed by atoms with Gasteiger partial charge in [-0.1, -0.05) is 71.1 Å². The van der Waals surface area contributed by atoms with Crippen molar-refractivity contribution < 1.29 is 36.2 Å². The van der Waals surface area contributed by atoms with Crippen LogP contribution in [0.2, 0.25) is 0 Å². The molecule has 1 aromatic rings. The molecule has 1 unspecified atom stereocenters. The maximum absolute atomic E-state index is 13.9. The molecular formula is C29H47F5O3. The molecule has 0 heterocycles. The molecule has 0 radical (unpaired) electrons. The quantitative estimate of drug-likeness (QED) is 0.0484. The Bertz CT molecular complexity index is 714. The molecule has 1 aromatic carbocycles. The van der Waals surface area contributed by atoms with Crippen molar-refractivity contribution in [3.8, 4) is 0 Å². The van der Waals surface area contributed by atoms with E-state index in [4.69, 9.17) is 14.2 Å². The molecular weight excluding hydrogens is 491 g/mol. The van der Waals surface area contributed by atoms with Gasteiger partial charge in [-0.2, -0.15) is 0 Å². The zero-order valence-electron chi connectivity index (χ0n) is 23.2. The molecule has 216 valence electrons. The molecule has 0 N–H and O–H groups in total. The third-order valence-corrected chi connectivity index (χ3v) is 6.72. The van der Waals surface area contributed by atoms with Gasteiger partial charge in [0.25, 0.3) is 5.97 Å². The minimum Gasteiger partial charge on any atom is -0.328 e. The summed E-state index contributed by atoms with van der Waals surface area (Å²) in [6.45, 7) is 9.42. The normalized spacial score (nSPS) is 12.9. The Hall–Kier alpha value is -1.25. The average Bonchev–Trinajstić information content (AvgIpc) is 2.88. The summed E-state index contributed by atoms with van der Waals surface area (Å²) >= 11 is 0. The first-order valence-electron chi connectivity index (χ1n) is 14.2. The van der Waals surface area contributed by atoms with Crippen molar-refractivity contribution in [2.24, 2.45) is 5.92 Å². The van der Waals surface area contributed by atoms with Crippen LogP contribution in [0.3, 0.4) is 0 Å². The highest BCUT2D eigenvalue weighted by Crippen LogP contribution is 2.35. The maximum Gasteiger partial charge on any atom is 0.285 e. The number of hydrogen-bond donors (Lipinski definition) is 0. The summed E-state index contributed by atoms with van der Waals surface area (Å²) in [5.41, 5.74) is -0.731. The molecule has 3 nitrogen and oxygen atoms in total. The van der Waals surface area contributed by atoms with Gasteiger partial charge in [0.2, 0.25) is 5.82 Å². The molecule has 8 heteroatoms. The van der Waals surface area contributed by atoms with E-state index in [1.807, 2.05) is 20.8 Å². The van der Waals surface area contributed by atoms with E-state index < -0.39 is 40.6 Å². The van der Waals surface area contributed by atoms with E-state index in [2.05, 4.69) is 6.92 Å². The molecule has 0 bridgehead atoms. The summed E-state index contributed by atoms with van der Waals surface area (Å²) in [5, 5.41) is 0. The van der Waals surface area contributed by atoms with Crippen LogP contribution < -0.4 is 0 Å². The second kappa shape index (κ2) is 18.9. The van der Waals surface area contributed by atoms with Gasteiger partial charge in [-0.3, -0.25) is 0 Å². The topological polar surface area (TPSA) is 27.7 Å². The van der Waals surface area contributed by atoms with E-state index in [1.54, 1.807) is 0 Å². The van der Waals surface area contributed by atoms with Crippen LogP contribution in [0, 0.1) is 35.0 Å². The third kappa shape index (κ3) is 10.8. The molecule has 0 aliphatic carbocycles. The first-order chi connectivity index (χ1) is 17.8. The molecule has 0 aliphatic rings. The van der Waals surface area contributed by atoms with Crippen LogP contribution in [0.1, 0.15) is 117 Å². The SMILES string of the molecule is CCCCCCCCC(CCCCCCCc1c(F)c(F)c(F)c(F)c1F)C(OCC)(OCC)OCC. The van der Waals surface area contributed by atoms with E-state index in [0.717, 1.165) is 44.9 Å². The van der Waals surface area contributed by atoms with Gasteiger partial charge in [-0.05, 0) is 46.5 Å². The van der Waals surface area contributed by atoms with Crippen molar-refractivity contribution in [2.45, 2.75) is 124 Å². The Morgan fingerprint density at radius 2 is 0.892 bits per heavy atom. The summed E-state index contributed by atoms with van der Waals surface area (Å²) < 4.78 is 85.9. The number of unbranched alkanes of at least 4 members (excludes halogenated alkanes) is 9. The molecule has 0 saturated carbocycles. The van der Waals surface area contributed by atoms with Crippen molar-refractivity contribution in [1.82, 2.24) is 0 Å². The molecule has 0 aliphatic heterocycles. The predicted octanol–water partition coefficient (Wildman–Crippen LogP) is 9.40. The average molecular weight is 539 g/mol. The summed E-state index contributed by atoms with van der Waals surface area (Å²) in [6, 6.07) is 0. The Morgan fingerprint density at radius 3 is 1.32 bits per heavy atom. The fourth-order valence-corrected chi connectivity index (χ4v) is 4.84. The van der Waals surface area contributed by atoms with E-state index in [1.165, 1.54) is 25.7 Å². The van der Waals surface area contributed by atoms with Gasteiger partial charge in [0, 0.05) is 31.3 Å². The van der Waals surface area contributed by atoms with Gasteiger partial charge >= 0.3 is 0 Å². The highest BCUT2D eigenvalue weighted by Gasteiger charge is 2.41. The van der Waals surface area contributed by atoms with Crippen LogP contribution in [-0.2, 0) is 20.6 Å². The second-order valence-electron chi connectivity index (χ2n) is 9.51. The molecule has 0 fully saturated rings. The summed E-state index contributed by atoms with van der Waals surface area (Å²) in [6.07, 6.45) is 12.3. The predicted molar refractivity (Wildman–Crippen MR) is 137 cm³/mol. The van der Waals surface area contributed by atoms with E-state index in [0.29, 0.717) is 32.7 Å². The van der Waals surface area contributed by atoms with Crippen LogP contribution in [0.15, 0.2) is 0 Å². The van der Waals surface area contributed by atoms with E-state index >= 15 is 0 Å². The van der Waals surface area contributed by atoms with Crippen LogP contribution in [-0.4, -0.2) is 25.8 Å². The van der Waals surface area contributed by atoms with Crippen molar-refractivity contribution in [1.29, 1.82) is 0 Å². The Morgan fingerprint density at radius 1 is 0.514 bits per heavy atom. The zero-order chi connectivity index (χ0) is 27.7. The minimum absolute atomic E-state index is 0.0758. The first-order valence-corrected chi connectivity index (χ1v) is 14.2. The standard InChI is InChI=1S/C29H47F5O3/c1-5-9-10-11-13-16-19-22(29(35-6-2,36-7-3)37-8-4)20-17-14-12-15-18-21-23-24(30)26(32)28(34)27(33)25(23)31/h22H,5-21H2,1-4H3. The number of rotatable bonds is 22. The van der Waals surface area contributed by atoms with Crippen LogP contribution in [0.5, 0.6) is 0 Å². The summed E-state index contributed by atoms with van der Waals surface area (Å²) in [7, 11) is 0. The van der Waals surface area contributed by atoms with Gasteiger partial charge in [0.1, 0.15) is 0 Å². The maximum atomic E-state index is 13.9. The van der Waals surface area contributed by atoms with Crippen molar-refractivity contribution in [2.75, 3.05) is 19.8 Å². The molecule has 0 aromatic heterocycles. The highest BCUT2D eigenvalue weighted by molar-refractivity contribution is 5.24.